The summed E-state index contributed by atoms with van der Waals surface area (Å²) >= 11 is 0. The second kappa shape index (κ2) is 12.5. The van der Waals surface area contributed by atoms with E-state index in [-0.39, 0.29) is 17.7 Å². The molecule has 0 aliphatic heterocycles. The van der Waals surface area contributed by atoms with Crippen LogP contribution in [0.4, 0.5) is 4.39 Å². The fourth-order valence-corrected chi connectivity index (χ4v) is 5.16. The van der Waals surface area contributed by atoms with Crippen LogP contribution in [-0.4, -0.2) is 18.2 Å². The molecule has 5 heteroatoms. The zero-order valence-corrected chi connectivity index (χ0v) is 23.6. The maximum absolute atomic E-state index is 14.9. The van der Waals surface area contributed by atoms with Crippen LogP contribution in [0, 0.1) is 11.2 Å². The largest absolute Gasteiger partial charge is 0.497 e. The van der Waals surface area contributed by atoms with Crippen molar-refractivity contribution in [3.05, 3.63) is 83.2 Å². The Bertz CT molecular complexity index is 1250. The van der Waals surface area contributed by atoms with Crippen molar-refractivity contribution >= 4 is 5.97 Å². The van der Waals surface area contributed by atoms with Gasteiger partial charge >= 0.3 is 5.97 Å². The van der Waals surface area contributed by atoms with Crippen LogP contribution in [0.2, 0.25) is 0 Å². The summed E-state index contributed by atoms with van der Waals surface area (Å²) in [7, 11) is 1.59. The van der Waals surface area contributed by atoms with E-state index in [4.69, 9.17) is 9.47 Å². The number of carbonyl (C=O) groups is 1. The number of methoxy groups -OCH3 is 1. The van der Waals surface area contributed by atoms with E-state index in [2.05, 4.69) is 26.8 Å². The summed E-state index contributed by atoms with van der Waals surface area (Å²) in [5.74, 6) is 0.228. The molecule has 0 aromatic heterocycles. The molecule has 0 saturated heterocycles. The zero-order chi connectivity index (χ0) is 27.9. The van der Waals surface area contributed by atoms with Gasteiger partial charge in [0, 0.05) is 11.0 Å². The molecular weight excluding hydrogens is 479 g/mol. The molecular formula is C33H41FO4. The molecule has 38 heavy (non-hydrogen) atoms. The monoisotopic (exact) mass is 520 g/mol. The van der Waals surface area contributed by atoms with Crippen LogP contribution in [0.25, 0.3) is 11.1 Å². The lowest BCUT2D eigenvalue weighted by Crippen LogP contribution is -2.24. The van der Waals surface area contributed by atoms with Crippen LogP contribution in [0.5, 0.6) is 11.5 Å². The van der Waals surface area contributed by atoms with Crippen LogP contribution >= 0.6 is 0 Å². The van der Waals surface area contributed by atoms with Crippen molar-refractivity contribution in [2.24, 2.45) is 5.41 Å². The van der Waals surface area contributed by atoms with Gasteiger partial charge in [0.1, 0.15) is 23.9 Å². The van der Waals surface area contributed by atoms with Gasteiger partial charge in [-0.3, -0.25) is 4.79 Å². The zero-order valence-electron chi connectivity index (χ0n) is 23.6. The first-order chi connectivity index (χ1) is 18.0. The molecule has 0 heterocycles. The number of halogens is 1. The number of hydrogen-bond acceptors (Lipinski definition) is 3. The number of carboxylic acids is 1. The van der Waals surface area contributed by atoms with Crippen molar-refractivity contribution in [1.82, 2.24) is 0 Å². The van der Waals surface area contributed by atoms with Gasteiger partial charge in [-0.25, -0.2) is 4.39 Å². The van der Waals surface area contributed by atoms with Crippen molar-refractivity contribution in [3.63, 3.8) is 0 Å². The Balaban J connectivity index is 1.92. The number of carboxylic acid groups (broad SMARTS) is 1. The standard InChI is InChI=1S/C33H41FO4/c1-7-16-32(3,4)20-24-17-23(12-14-28(24)29-19-26(37-6)13-15-30(29)34)22-38-27-11-9-10-25(18-27)33(5,8-2)21-31(35)36/h9-15,17-19H,7-8,16,20-22H2,1-6H3,(H,35,36). The number of benzene rings is 3. The van der Waals surface area contributed by atoms with E-state index in [0.29, 0.717) is 30.1 Å². The minimum Gasteiger partial charge on any atom is -0.497 e. The molecule has 1 N–H and O–H groups in total. The number of aliphatic carboxylic acids is 1. The summed E-state index contributed by atoms with van der Waals surface area (Å²) in [6.45, 7) is 11.0. The summed E-state index contributed by atoms with van der Waals surface area (Å²) < 4.78 is 26.5. The van der Waals surface area contributed by atoms with Crippen molar-refractivity contribution in [3.8, 4) is 22.6 Å². The molecule has 3 aromatic rings. The Hall–Kier alpha value is -3.34. The van der Waals surface area contributed by atoms with Crippen LogP contribution in [0.15, 0.2) is 60.7 Å². The van der Waals surface area contributed by atoms with Gasteiger partial charge in [0.25, 0.3) is 0 Å². The quantitative estimate of drug-likeness (QED) is 0.245. The predicted octanol–water partition coefficient (Wildman–Crippen LogP) is 8.59. The molecule has 0 spiro atoms. The molecule has 0 bridgehead atoms. The highest BCUT2D eigenvalue weighted by atomic mass is 19.1. The van der Waals surface area contributed by atoms with E-state index in [1.54, 1.807) is 19.2 Å². The number of hydrogen-bond donors (Lipinski definition) is 1. The highest BCUT2D eigenvalue weighted by Gasteiger charge is 2.28. The van der Waals surface area contributed by atoms with Crippen LogP contribution < -0.4 is 9.47 Å². The minimum atomic E-state index is -0.813. The average Bonchev–Trinajstić information content (AvgIpc) is 2.87. The number of ether oxygens (including phenoxy) is 2. The molecule has 0 aliphatic rings. The van der Waals surface area contributed by atoms with Gasteiger partial charge in [-0.15, -0.1) is 0 Å². The van der Waals surface area contributed by atoms with Gasteiger partial charge in [0.05, 0.1) is 13.5 Å². The molecule has 0 amide bonds. The van der Waals surface area contributed by atoms with Gasteiger partial charge < -0.3 is 14.6 Å². The first-order valence-corrected chi connectivity index (χ1v) is 13.4. The van der Waals surface area contributed by atoms with E-state index < -0.39 is 11.4 Å². The summed E-state index contributed by atoms with van der Waals surface area (Å²) in [5, 5.41) is 9.39. The van der Waals surface area contributed by atoms with E-state index in [1.165, 1.54) is 6.07 Å². The van der Waals surface area contributed by atoms with Gasteiger partial charge in [-0.1, -0.05) is 71.4 Å². The predicted molar refractivity (Wildman–Crippen MR) is 151 cm³/mol. The van der Waals surface area contributed by atoms with Gasteiger partial charge in [-0.05, 0) is 77.3 Å². The molecule has 0 radical (unpaired) electrons. The van der Waals surface area contributed by atoms with E-state index in [1.807, 2.05) is 50.2 Å². The van der Waals surface area contributed by atoms with Crippen molar-refractivity contribution < 1.29 is 23.8 Å². The van der Waals surface area contributed by atoms with Crippen LogP contribution in [0.1, 0.15) is 77.0 Å². The molecule has 0 saturated carbocycles. The first kappa shape index (κ1) is 29.2. The summed E-state index contributed by atoms with van der Waals surface area (Å²) in [6, 6.07) is 18.6. The molecule has 4 nitrogen and oxygen atoms in total. The summed E-state index contributed by atoms with van der Waals surface area (Å²) in [5.41, 5.74) is 4.00. The second-order valence-electron chi connectivity index (χ2n) is 11.2. The maximum Gasteiger partial charge on any atom is 0.304 e. The van der Waals surface area contributed by atoms with E-state index >= 15 is 0 Å². The molecule has 0 aliphatic carbocycles. The summed E-state index contributed by atoms with van der Waals surface area (Å²) in [6.07, 6.45) is 3.72. The lowest BCUT2D eigenvalue weighted by atomic mass is 9.77. The second-order valence-corrected chi connectivity index (χ2v) is 11.2. The Kier molecular flexibility index (Phi) is 9.59. The Morgan fingerprint density at radius 2 is 1.71 bits per heavy atom. The molecule has 1 atom stereocenters. The fraction of sp³-hybridized carbons (Fsp3) is 0.424. The third kappa shape index (κ3) is 7.37. The highest BCUT2D eigenvalue weighted by Crippen LogP contribution is 2.37. The number of rotatable bonds is 13. The molecule has 0 fully saturated rings. The minimum absolute atomic E-state index is 0.0569. The Morgan fingerprint density at radius 1 is 0.947 bits per heavy atom. The highest BCUT2D eigenvalue weighted by molar-refractivity contribution is 5.70. The molecule has 3 rings (SSSR count). The lowest BCUT2D eigenvalue weighted by Gasteiger charge is -2.27. The Labute approximate surface area is 226 Å². The van der Waals surface area contributed by atoms with Gasteiger partial charge in [-0.2, -0.15) is 0 Å². The van der Waals surface area contributed by atoms with Crippen molar-refractivity contribution in [2.75, 3.05) is 7.11 Å². The molecule has 1 unspecified atom stereocenters. The molecule has 204 valence electrons. The third-order valence-corrected chi connectivity index (χ3v) is 7.49. The topological polar surface area (TPSA) is 55.8 Å². The summed E-state index contributed by atoms with van der Waals surface area (Å²) in [4.78, 5) is 11.4. The average molecular weight is 521 g/mol. The smallest absolute Gasteiger partial charge is 0.304 e. The van der Waals surface area contributed by atoms with E-state index in [0.717, 1.165) is 41.5 Å². The van der Waals surface area contributed by atoms with Gasteiger partial charge in [0.2, 0.25) is 0 Å². The fourth-order valence-electron chi connectivity index (χ4n) is 5.16. The normalized spacial score (nSPS) is 13.1. The van der Waals surface area contributed by atoms with Crippen molar-refractivity contribution in [1.29, 1.82) is 0 Å². The SMILES string of the molecule is CCCC(C)(C)Cc1cc(COc2cccc(C(C)(CC)CC(=O)O)c2)ccc1-c1cc(OC)ccc1F. The Morgan fingerprint density at radius 3 is 2.37 bits per heavy atom. The van der Waals surface area contributed by atoms with E-state index in [9.17, 15) is 14.3 Å². The van der Waals surface area contributed by atoms with Crippen LogP contribution in [0.3, 0.4) is 0 Å². The maximum atomic E-state index is 14.9. The van der Waals surface area contributed by atoms with Crippen molar-refractivity contribution in [2.45, 2.75) is 78.7 Å². The molecule has 3 aromatic carbocycles. The first-order valence-electron chi connectivity index (χ1n) is 13.4. The third-order valence-electron chi connectivity index (χ3n) is 7.49. The van der Waals surface area contributed by atoms with Crippen LogP contribution in [-0.2, 0) is 23.2 Å². The lowest BCUT2D eigenvalue weighted by molar-refractivity contribution is -0.138. The van der Waals surface area contributed by atoms with Gasteiger partial charge in [0.15, 0.2) is 0 Å².